The Morgan fingerprint density at radius 1 is 1.02 bits per heavy atom. The number of nitrogens with zero attached hydrogens (tertiary/aromatic N) is 3. The number of hydrogen-bond donors (Lipinski definition) is 3. The second kappa shape index (κ2) is 14.6. The number of carbonyl (C=O) groups excluding carboxylic acids is 1. The Balaban J connectivity index is 1.06. The van der Waals surface area contributed by atoms with E-state index in [0.717, 1.165) is 45.6 Å². The van der Waals surface area contributed by atoms with E-state index in [0.29, 0.717) is 56.4 Å². The highest BCUT2D eigenvalue weighted by Gasteiger charge is 2.25. The summed E-state index contributed by atoms with van der Waals surface area (Å²) in [5.41, 5.74) is 2.86. The van der Waals surface area contributed by atoms with Crippen LogP contribution in [0.15, 0.2) is 77.5 Å². The lowest BCUT2D eigenvalue weighted by Crippen LogP contribution is -2.44. The Labute approximate surface area is 282 Å². The van der Waals surface area contributed by atoms with E-state index < -0.39 is 33.2 Å². The number of piperidine rings is 1. The van der Waals surface area contributed by atoms with Gasteiger partial charge in [-0.05, 0) is 73.2 Å². The third kappa shape index (κ3) is 8.51. The first kappa shape index (κ1) is 33.8. The number of sulfone groups is 1. The number of para-hydroxylation sites is 1. The van der Waals surface area contributed by atoms with Gasteiger partial charge >= 0.3 is 6.03 Å². The molecule has 3 aromatic carbocycles. The zero-order valence-corrected chi connectivity index (χ0v) is 27.8. The summed E-state index contributed by atoms with van der Waals surface area (Å²) >= 11 is 0. The maximum atomic E-state index is 14.0. The molecule has 0 radical (unpaired) electrons. The van der Waals surface area contributed by atoms with Gasteiger partial charge in [-0.25, -0.2) is 32.0 Å². The maximum Gasteiger partial charge on any atom is 0.322 e. The fraction of sp³-hybridized carbons (Fsp3) is 0.286. The molecular weight excluding hydrogens is 654 g/mol. The zero-order chi connectivity index (χ0) is 34.5. The van der Waals surface area contributed by atoms with Crippen molar-refractivity contribution in [3.8, 4) is 17.1 Å². The predicted molar refractivity (Wildman–Crippen MR) is 184 cm³/mol. The second-order valence-electron chi connectivity index (χ2n) is 12.0. The summed E-state index contributed by atoms with van der Waals surface area (Å²) in [4.78, 5) is 23.1. The van der Waals surface area contributed by atoms with Gasteiger partial charge in [-0.3, -0.25) is 0 Å². The molecule has 2 amide bonds. The van der Waals surface area contributed by atoms with Gasteiger partial charge in [0.05, 0.1) is 17.8 Å². The molecule has 0 unspecified atom stereocenters. The van der Waals surface area contributed by atoms with Gasteiger partial charge in [0.25, 0.3) is 0 Å². The standard InChI is InChI=1S/C35H36F2N6O5S/c1-22-18-24(7-10-31(22)47-25-12-15-43(16-13-25)35(44)42-33-28(36)4-3-5-29(33)37)41-34-27-19-23(6-9-30(27)39-21-40-34)32-11-8-26(48-32)20-38-14-17-49(2,45)46/h3-11,18-19,21,25,38H,12-17,20H2,1-2H3,(H,42,44)(H,39,40,41). The fourth-order valence-corrected chi connectivity index (χ4v) is 6.08. The summed E-state index contributed by atoms with van der Waals surface area (Å²) in [5.74, 6) is 1.11. The van der Waals surface area contributed by atoms with Crippen LogP contribution in [0.25, 0.3) is 22.2 Å². The molecule has 0 saturated carbocycles. The Bertz CT molecular complexity index is 2060. The molecule has 0 bridgehead atoms. The molecule has 5 aromatic rings. The molecule has 256 valence electrons. The first-order valence-corrected chi connectivity index (χ1v) is 17.8. The van der Waals surface area contributed by atoms with E-state index in [-0.39, 0.29) is 11.9 Å². The van der Waals surface area contributed by atoms with Crippen molar-refractivity contribution in [3.05, 3.63) is 96.0 Å². The second-order valence-corrected chi connectivity index (χ2v) is 14.2. The van der Waals surface area contributed by atoms with E-state index in [2.05, 4.69) is 25.9 Å². The van der Waals surface area contributed by atoms with Crippen molar-refractivity contribution in [1.82, 2.24) is 20.2 Å². The molecule has 3 heterocycles. The van der Waals surface area contributed by atoms with E-state index >= 15 is 0 Å². The SMILES string of the molecule is Cc1cc(Nc2ncnc3ccc(-c4ccc(CNCCS(C)(=O)=O)o4)cc23)ccc1OC1CCN(C(=O)Nc2c(F)cccc2F)CC1. The van der Waals surface area contributed by atoms with Gasteiger partial charge in [0.15, 0.2) is 0 Å². The number of anilines is 3. The lowest BCUT2D eigenvalue weighted by atomic mass is 10.1. The van der Waals surface area contributed by atoms with Crippen molar-refractivity contribution < 1.29 is 31.1 Å². The van der Waals surface area contributed by atoms with Crippen molar-refractivity contribution in [2.75, 3.05) is 42.3 Å². The van der Waals surface area contributed by atoms with Crippen LogP contribution < -0.4 is 20.7 Å². The third-order valence-corrected chi connectivity index (χ3v) is 9.13. The monoisotopic (exact) mass is 690 g/mol. The number of ether oxygens (including phenoxy) is 1. The summed E-state index contributed by atoms with van der Waals surface area (Å²) in [6.07, 6.45) is 3.72. The van der Waals surface area contributed by atoms with E-state index in [1.54, 1.807) is 0 Å². The predicted octanol–water partition coefficient (Wildman–Crippen LogP) is 6.43. The Morgan fingerprint density at radius 3 is 2.53 bits per heavy atom. The molecule has 1 aliphatic rings. The minimum Gasteiger partial charge on any atom is -0.490 e. The minimum atomic E-state index is -3.03. The van der Waals surface area contributed by atoms with Crippen molar-refractivity contribution >= 4 is 44.0 Å². The molecule has 3 N–H and O–H groups in total. The summed E-state index contributed by atoms with van der Waals surface area (Å²) in [6, 6.07) is 18.2. The quantitative estimate of drug-likeness (QED) is 0.134. The average Bonchev–Trinajstić information content (AvgIpc) is 3.55. The van der Waals surface area contributed by atoms with Crippen LogP contribution in [0.4, 0.5) is 30.8 Å². The van der Waals surface area contributed by atoms with E-state index in [1.165, 1.54) is 23.5 Å². The summed E-state index contributed by atoms with van der Waals surface area (Å²) < 4.78 is 62.9. The fourth-order valence-electron chi connectivity index (χ4n) is 5.56. The van der Waals surface area contributed by atoms with Gasteiger partial charge in [0.2, 0.25) is 0 Å². The molecule has 1 saturated heterocycles. The van der Waals surface area contributed by atoms with Gasteiger partial charge in [-0.2, -0.15) is 0 Å². The number of nitrogens with one attached hydrogen (secondary N) is 3. The number of aromatic nitrogens is 2. The third-order valence-electron chi connectivity index (χ3n) is 8.19. The molecule has 0 aliphatic carbocycles. The lowest BCUT2D eigenvalue weighted by molar-refractivity contribution is 0.115. The topological polar surface area (TPSA) is 139 Å². The molecule has 0 spiro atoms. The molecule has 49 heavy (non-hydrogen) atoms. The minimum absolute atomic E-state index is 0.0581. The van der Waals surface area contributed by atoms with Gasteiger partial charge in [-0.1, -0.05) is 6.07 Å². The molecule has 1 aliphatic heterocycles. The summed E-state index contributed by atoms with van der Waals surface area (Å²) in [5, 5.41) is 9.62. The number of carbonyl (C=O) groups is 1. The van der Waals surface area contributed by atoms with Crippen LogP contribution in [-0.4, -0.2) is 67.1 Å². The number of hydrogen-bond acceptors (Lipinski definition) is 9. The van der Waals surface area contributed by atoms with Crippen LogP contribution in [0.3, 0.4) is 0 Å². The number of halogens is 2. The van der Waals surface area contributed by atoms with Crippen LogP contribution in [-0.2, 0) is 16.4 Å². The summed E-state index contributed by atoms with van der Waals surface area (Å²) in [7, 11) is -3.03. The molecule has 2 aromatic heterocycles. The maximum absolute atomic E-state index is 14.0. The molecule has 0 atom stereocenters. The number of benzene rings is 3. The highest BCUT2D eigenvalue weighted by Crippen LogP contribution is 2.32. The number of amides is 2. The highest BCUT2D eigenvalue weighted by molar-refractivity contribution is 7.90. The van der Waals surface area contributed by atoms with Crippen molar-refractivity contribution in [3.63, 3.8) is 0 Å². The zero-order valence-electron chi connectivity index (χ0n) is 27.0. The number of fused-ring (bicyclic) bond motifs is 1. The van der Waals surface area contributed by atoms with E-state index in [4.69, 9.17) is 9.15 Å². The van der Waals surface area contributed by atoms with E-state index in [9.17, 15) is 22.0 Å². The van der Waals surface area contributed by atoms with Crippen molar-refractivity contribution in [2.24, 2.45) is 0 Å². The van der Waals surface area contributed by atoms with Crippen LogP contribution >= 0.6 is 0 Å². The Kier molecular flexibility index (Phi) is 10.1. The lowest BCUT2D eigenvalue weighted by Gasteiger charge is -2.32. The van der Waals surface area contributed by atoms with Crippen LogP contribution in [0.5, 0.6) is 5.75 Å². The number of urea groups is 1. The van der Waals surface area contributed by atoms with Gasteiger partial charge in [0, 0.05) is 55.4 Å². The molecule has 1 fully saturated rings. The number of likely N-dealkylation sites (tertiary alicyclic amines) is 1. The first-order valence-electron chi connectivity index (χ1n) is 15.8. The van der Waals surface area contributed by atoms with Crippen molar-refractivity contribution in [2.45, 2.75) is 32.4 Å². The van der Waals surface area contributed by atoms with Crippen molar-refractivity contribution in [1.29, 1.82) is 0 Å². The van der Waals surface area contributed by atoms with Gasteiger partial charge < -0.3 is 30.0 Å². The number of furan rings is 1. The molecular formula is C35H36F2N6O5S. The first-order chi connectivity index (χ1) is 23.5. The smallest absolute Gasteiger partial charge is 0.322 e. The van der Waals surface area contributed by atoms with Crippen LogP contribution in [0.1, 0.15) is 24.2 Å². The molecule has 11 nitrogen and oxygen atoms in total. The molecule has 6 rings (SSSR count). The largest absolute Gasteiger partial charge is 0.490 e. The Morgan fingerprint density at radius 2 is 1.80 bits per heavy atom. The van der Waals surface area contributed by atoms with Crippen LogP contribution in [0.2, 0.25) is 0 Å². The highest BCUT2D eigenvalue weighted by atomic mass is 32.2. The Hall–Kier alpha value is -5.08. The van der Waals surface area contributed by atoms with Gasteiger partial charge in [-0.15, -0.1) is 0 Å². The molecule has 14 heteroatoms. The van der Waals surface area contributed by atoms with Crippen LogP contribution in [0, 0.1) is 18.6 Å². The van der Waals surface area contributed by atoms with Gasteiger partial charge in [0.1, 0.15) is 62.7 Å². The number of rotatable bonds is 11. The van der Waals surface area contributed by atoms with E-state index in [1.807, 2.05) is 55.5 Å². The normalized spacial score (nSPS) is 13.8. The average molecular weight is 691 g/mol. The number of aryl methyl sites for hydroxylation is 1. The summed E-state index contributed by atoms with van der Waals surface area (Å²) in [6.45, 7) is 3.47.